The minimum Gasteiger partial charge on any atom is -0.315 e. The van der Waals surface area contributed by atoms with Crippen LogP contribution in [0.15, 0.2) is 0 Å². The summed E-state index contributed by atoms with van der Waals surface area (Å²) in [6.45, 7) is 4.47. The molecule has 2 aliphatic rings. The Morgan fingerprint density at radius 2 is 2.25 bits per heavy atom. The summed E-state index contributed by atoms with van der Waals surface area (Å²) in [4.78, 5) is 15.7. The topological polar surface area (TPSA) is 86.8 Å². The lowest BCUT2D eigenvalue weighted by Crippen LogP contribution is -2.39. The second kappa shape index (κ2) is 6.00. The maximum Gasteiger partial charge on any atom is 0.239 e. The fourth-order valence-electron chi connectivity index (χ4n) is 3.47. The molecule has 8 heteroatoms. The molecule has 4 rings (SSSR count). The van der Waals surface area contributed by atoms with Crippen molar-refractivity contribution >= 4 is 22.2 Å². The number of amides is 1. The summed E-state index contributed by atoms with van der Waals surface area (Å²) in [5.41, 5.74) is 1.80. The third-order valence-corrected chi connectivity index (χ3v) is 5.88. The maximum absolute atomic E-state index is 12.4. The lowest BCUT2D eigenvalue weighted by atomic mass is 10.1. The van der Waals surface area contributed by atoms with Gasteiger partial charge in [0, 0.05) is 18.0 Å². The molecule has 0 unspecified atom stereocenters. The number of nitrogens with one attached hydrogen (secondary N) is 1. The molecule has 24 heavy (non-hydrogen) atoms. The number of rotatable bonds is 3. The quantitative estimate of drug-likeness (QED) is 0.912. The molecule has 0 fully saturated rings. The van der Waals surface area contributed by atoms with Crippen molar-refractivity contribution in [1.29, 1.82) is 5.26 Å². The Morgan fingerprint density at radius 1 is 1.38 bits per heavy atom. The molecule has 7 nitrogen and oxygen atoms in total. The molecule has 3 heterocycles. The van der Waals surface area contributed by atoms with Crippen molar-refractivity contribution in [1.82, 2.24) is 19.7 Å². The smallest absolute Gasteiger partial charge is 0.239 e. The van der Waals surface area contributed by atoms with E-state index in [0.717, 1.165) is 49.6 Å². The molecule has 2 aromatic heterocycles. The number of nitrogens with zero attached hydrogens (tertiary/aromatic N) is 5. The largest absolute Gasteiger partial charge is 0.315 e. The number of anilines is 1. The number of carbonyl (C=O) groups excluding carboxylic acids is 1. The first-order chi connectivity index (χ1) is 11.7. The first-order valence-corrected chi connectivity index (χ1v) is 8.93. The van der Waals surface area contributed by atoms with Gasteiger partial charge in [0.05, 0.1) is 18.7 Å². The molecular weight excluding hydrogens is 324 g/mol. The predicted molar refractivity (Wildman–Crippen MR) is 89.7 cm³/mol. The number of nitriles is 1. The predicted octanol–water partition coefficient (Wildman–Crippen LogP) is 1.46. The van der Waals surface area contributed by atoms with Gasteiger partial charge < -0.3 is 9.88 Å². The molecule has 0 aromatic carbocycles. The van der Waals surface area contributed by atoms with Crippen molar-refractivity contribution in [3.05, 3.63) is 27.7 Å². The summed E-state index contributed by atoms with van der Waals surface area (Å²) in [5, 5.41) is 21.3. The van der Waals surface area contributed by atoms with Gasteiger partial charge in [-0.3, -0.25) is 9.69 Å². The lowest BCUT2D eigenvalue weighted by molar-refractivity contribution is -0.117. The van der Waals surface area contributed by atoms with Crippen LogP contribution in [0.25, 0.3) is 0 Å². The van der Waals surface area contributed by atoms with Crippen molar-refractivity contribution in [2.45, 2.75) is 39.3 Å². The zero-order valence-corrected chi connectivity index (χ0v) is 14.3. The van der Waals surface area contributed by atoms with E-state index in [1.165, 1.54) is 4.88 Å². The highest BCUT2D eigenvalue weighted by molar-refractivity contribution is 7.16. The molecular formula is C16H18N6OS. The molecule has 0 bridgehead atoms. The average Bonchev–Trinajstić information content (AvgIpc) is 3.22. The highest BCUT2D eigenvalue weighted by atomic mass is 32.1. The van der Waals surface area contributed by atoms with Crippen LogP contribution in [0, 0.1) is 18.3 Å². The van der Waals surface area contributed by atoms with Crippen LogP contribution in [0.1, 0.15) is 34.1 Å². The molecule has 1 amide bonds. The number of hydrogen-bond donors (Lipinski definition) is 1. The standard InChI is InChI=1S/C16H18N6OS/c1-10-19-20-14-8-21(5-6-22(10)14)9-15(23)18-16-12(7-17)11-3-2-4-13(11)24-16/h2-6,8-9H2,1H3,(H,18,23). The van der Waals surface area contributed by atoms with Crippen LogP contribution in [0.2, 0.25) is 0 Å². The van der Waals surface area contributed by atoms with Crippen LogP contribution in [0.3, 0.4) is 0 Å². The van der Waals surface area contributed by atoms with Crippen LogP contribution in [-0.2, 0) is 30.7 Å². The summed E-state index contributed by atoms with van der Waals surface area (Å²) in [7, 11) is 0. The molecule has 1 N–H and O–H groups in total. The van der Waals surface area contributed by atoms with Crippen molar-refractivity contribution in [2.24, 2.45) is 0 Å². The summed E-state index contributed by atoms with van der Waals surface area (Å²) in [6.07, 6.45) is 3.08. The van der Waals surface area contributed by atoms with E-state index < -0.39 is 0 Å². The van der Waals surface area contributed by atoms with Crippen LogP contribution in [0.4, 0.5) is 5.00 Å². The van der Waals surface area contributed by atoms with E-state index in [0.29, 0.717) is 23.7 Å². The van der Waals surface area contributed by atoms with Gasteiger partial charge in [0.2, 0.25) is 5.91 Å². The van der Waals surface area contributed by atoms with E-state index in [9.17, 15) is 10.1 Å². The molecule has 1 aliphatic carbocycles. The van der Waals surface area contributed by atoms with E-state index in [-0.39, 0.29) is 5.91 Å². The number of aryl methyl sites for hydroxylation is 2. The van der Waals surface area contributed by atoms with E-state index >= 15 is 0 Å². The second-order valence-corrected chi connectivity index (χ2v) is 7.35. The van der Waals surface area contributed by atoms with Crippen molar-refractivity contribution < 1.29 is 4.79 Å². The van der Waals surface area contributed by atoms with Gasteiger partial charge in [0.15, 0.2) is 0 Å². The minimum absolute atomic E-state index is 0.0730. The number of carbonyl (C=O) groups is 1. The maximum atomic E-state index is 12.4. The average molecular weight is 342 g/mol. The summed E-state index contributed by atoms with van der Waals surface area (Å²) in [6, 6.07) is 2.26. The minimum atomic E-state index is -0.0730. The normalized spacial score (nSPS) is 16.5. The first kappa shape index (κ1) is 15.3. The highest BCUT2D eigenvalue weighted by Crippen LogP contribution is 2.38. The van der Waals surface area contributed by atoms with Crippen LogP contribution in [0.5, 0.6) is 0 Å². The molecule has 0 atom stereocenters. The Labute approximate surface area is 143 Å². The number of thiophene rings is 1. The van der Waals surface area contributed by atoms with Gasteiger partial charge in [-0.15, -0.1) is 21.5 Å². The monoisotopic (exact) mass is 342 g/mol. The molecule has 2 aromatic rings. The van der Waals surface area contributed by atoms with Crippen molar-refractivity contribution in [3.63, 3.8) is 0 Å². The second-order valence-electron chi connectivity index (χ2n) is 6.25. The van der Waals surface area contributed by atoms with E-state index in [2.05, 4.69) is 31.1 Å². The number of hydrogen-bond acceptors (Lipinski definition) is 6. The molecule has 0 saturated heterocycles. The van der Waals surface area contributed by atoms with Gasteiger partial charge in [-0.2, -0.15) is 5.26 Å². The highest BCUT2D eigenvalue weighted by Gasteiger charge is 2.25. The zero-order chi connectivity index (χ0) is 16.7. The molecule has 124 valence electrons. The summed E-state index contributed by atoms with van der Waals surface area (Å²) >= 11 is 1.56. The lowest BCUT2D eigenvalue weighted by Gasteiger charge is -2.26. The fraction of sp³-hybridized carbons (Fsp3) is 0.500. The van der Waals surface area contributed by atoms with Crippen LogP contribution >= 0.6 is 11.3 Å². The Bertz CT molecular complexity index is 846. The molecule has 0 radical (unpaired) electrons. The van der Waals surface area contributed by atoms with Gasteiger partial charge in [-0.1, -0.05) is 0 Å². The third kappa shape index (κ3) is 2.60. The zero-order valence-electron chi connectivity index (χ0n) is 13.5. The molecule has 1 aliphatic heterocycles. The fourth-order valence-corrected chi connectivity index (χ4v) is 4.72. The Kier molecular flexibility index (Phi) is 3.82. The Hall–Kier alpha value is -2.24. The van der Waals surface area contributed by atoms with Gasteiger partial charge in [0.1, 0.15) is 22.7 Å². The van der Waals surface area contributed by atoms with E-state index in [1.807, 2.05) is 6.92 Å². The molecule has 0 saturated carbocycles. The Morgan fingerprint density at radius 3 is 3.08 bits per heavy atom. The molecule has 0 spiro atoms. The number of aromatic nitrogens is 3. The van der Waals surface area contributed by atoms with E-state index in [1.54, 1.807) is 11.3 Å². The van der Waals surface area contributed by atoms with Crippen LogP contribution in [-0.4, -0.2) is 38.7 Å². The van der Waals surface area contributed by atoms with Gasteiger partial charge in [-0.05, 0) is 31.7 Å². The Balaban J connectivity index is 1.42. The third-order valence-electron chi connectivity index (χ3n) is 4.67. The summed E-state index contributed by atoms with van der Waals surface area (Å²) < 4.78 is 2.09. The number of fused-ring (bicyclic) bond motifs is 2. The van der Waals surface area contributed by atoms with Crippen LogP contribution < -0.4 is 5.32 Å². The van der Waals surface area contributed by atoms with Gasteiger partial charge in [0.25, 0.3) is 0 Å². The SMILES string of the molecule is Cc1nnc2n1CCN(CC(=O)Nc1sc3c(c1C#N)CCC3)C2. The van der Waals surface area contributed by atoms with Gasteiger partial charge >= 0.3 is 0 Å². The first-order valence-electron chi connectivity index (χ1n) is 8.11. The van der Waals surface area contributed by atoms with Crippen molar-refractivity contribution in [3.8, 4) is 6.07 Å². The summed E-state index contributed by atoms with van der Waals surface area (Å²) in [5.74, 6) is 1.75. The van der Waals surface area contributed by atoms with Crippen molar-refractivity contribution in [2.75, 3.05) is 18.4 Å². The van der Waals surface area contributed by atoms with E-state index in [4.69, 9.17) is 0 Å². The van der Waals surface area contributed by atoms with Gasteiger partial charge in [-0.25, -0.2) is 0 Å².